The lowest BCUT2D eigenvalue weighted by molar-refractivity contribution is -0.385. The molecule has 0 saturated heterocycles. The molecule has 6 nitrogen and oxygen atoms in total. The molecule has 2 aromatic carbocycles. The molecule has 0 saturated carbocycles. The van der Waals surface area contributed by atoms with E-state index >= 15 is 0 Å². The number of rotatable bonds is 2. The molecule has 0 aromatic heterocycles. The van der Waals surface area contributed by atoms with E-state index in [4.69, 9.17) is 9.47 Å². The lowest BCUT2D eigenvalue weighted by Gasteiger charge is -2.16. The third kappa shape index (κ3) is 4.32. The van der Waals surface area contributed by atoms with Crippen molar-refractivity contribution in [2.24, 2.45) is 0 Å². The van der Waals surface area contributed by atoms with Gasteiger partial charge in [-0.25, -0.2) is 0 Å². The topological polar surface area (TPSA) is 64.8 Å². The van der Waals surface area contributed by atoms with Crippen LogP contribution in [0.1, 0.15) is 24.0 Å². The summed E-state index contributed by atoms with van der Waals surface area (Å²) in [6.07, 6.45) is 3.75. The van der Waals surface area contributed by atoms with Gasteiger partial charge in [-0.1, -0.05) is 12.1 Å². The van der Waals surface area contributed by atoms with Gasteiger partial charge in [0, 0.05) is 6.07 Å². The molecular formula is C20H24N2O4. The largest absolute Gasteiger partial charge is 0.493 e. The van der Waals surface area contributed by atoms with Crippen molar-refractivity contribution >= 4 is 5.69 Å². The van der Waals surface area contributed by atoms with Crippen LogP contribution in [0.3, 0.4) is 0 Å². The number of nitrogens with zero attached hydrogens (tertiary/aromatic N) is 2. The van der Waals surface area contributed by atoms with Gasteiger partial charge < -0.3 is 14.4 Å². The molecule has 2 aliphatic heterocycles. The van der Waals surface area contributed by atoms with Crippen molar-refractivity contribution < 1.29 is 14.4 Å². The zero-order chi connectivity index (χ0) is 18.5. The van der Waals surface area contributed by atoms with Gasteiger partial charge >= 0.3 is 5.69 Å². The highest BCUT2D eigenvalue weighted by molar-refractivity contribution is 5.53. The van der Waals surface area contributed by atoms with Crippen LogP contribution < -0.4 is 9.47 Å². The van der Waals surface area contributed by atoms with Crippen LogP contribution in [0.5, 0.6) is 17.2 Å². The Morgan fingerprint density at radius 2 is 1.69 bits per heavy atom. The number of hydrogen-bond donors (Lipinski definition) is 0. The first-order chi connectivity index (χ1) is 12.6. The molecule has 26 heavy (non-hydrogen) atoms. The number of aryl methyl sites for hydroxylation is 2. The zero-order valence-corrected chi connectivity index (χ0v) is 15.2. The molecule has 0 unspecified atom stereocenters. The van der Waals surface area contributed by atoms with Crippen LogP contribution in [-0.4, -0.2) is 37.1 Å². The van der Waals surface area contributed by atoms with E-state index in [9.17, 15) is 10.1 Å². The van der Waals surface area contributed by atoms with E-state index < -0.39 is 0 Å². The molecule has 0 aliphatic carbocycles. The van der Waals surface area contributed by atoms with Gasteiger partial charge in [0.2, 0.25) is 5.75 Å². The molecular weight excluding hydrogens is 332 g/mol. The molecule has 0 fully saturated rings. The molecule has 0 radical (unpaired) electrons. The summed E-state index contributed by atoms with van der Waals surface area (Å²) in [5.74, 6) is 1.30. The molecule has 138 valence electrons. The Bertz CT molecular complexity index is 791. The van der Waals surface area contributed by atoms with Crippen LogP contribution in [0.15, 0.2) is 36.4 Å². The second kappa shape index (κ2) is 8.19. The van der Waals surface area contributed by atoms with Gasteiger partial charge in [-0.05, 0) is 75.1 Å². The van der Waals surface area contributed by atoms with Crippen molar-refractivity contribution in [3.8, 4) is 17.2 Å². The molecule has 2 heterocycles. The molecule has 2 aliphatic rings. The summed E-state index contributed by atoms with van der Waals surface area (Å²) in [6, 6.07) is 11.0. The average Bonchev–Trinajstić information content (AvgIpc) is 2.63. The maximum absolute atomic E-state index is 11.5. The number of methoxy groups -OCH3 is 1. The second-order valence-electron chi connectivity index (χ2n) is 6.66. The quantitative estimate of drug-likeness (QED) is 0.596. The molecule has 0 spiro atoms. The third-order valence-electron chi connectivity index (χ3n) is 4.68. The molecule has 4 rings (SSSR count). The number of ether oxygens (including phenoxy) is 2. The highest BCUT2D eigenvalue weighted by Crippen LogP contribution is 2.37. The molecule has 4 bridgehead atoms. The van der Waals surface area contributed by atoms with E-state index in [1.807, 2.05) is 24.3 Å². The number of nitro benzene ring substituents is 1. The Labute approximate surface area is 153 Å². The number of hydrogen-bond acceptors (Lipinski definition) is 5. The fraction of sp³-hybridized carbons (Fsp3) is 0.400. The zero-order valence-electron chi connectivity index (χ0n) is 15.2. The minimum atomic E-state index is -0.390. The normalized spacial score (nSPS) is 15.6. The first-order valence-corrected chi connectivity index (χ1v) is 8.87. The number of fused-ring (bicyclic) bond motifs is 8. The van der Waals surface area contributed by atoms with E-state index in [2.05, 4.69) is 11.9 Å². The van der Waals surface area contributed by atoms with Crippen LogP contribution in [0.4, 0.5) is 5.69 Å². The van der Waals surface area contributed by atoms with Crippen LogP contribution in [-0.2, 0) is 12.8 Å². The summed E-state index contributed by atoms with van der Waals surface area (Å²) in [5.41, 5.74) is 2.06. The SMILES string of the molecule is COc1ccc2cc1Oc1ccc(cc1[N+](=O)[O-])CCCN(C)CCC2. The first-order valence-electron chi connectivity index (χ1n) is 8.87. The maximum Gasteiger partial charge on any atom is 0.311 e. The second-order valence-corrected chi connectivity index (χ2v) is 6.66. The third-order valence-corrected chi connectivity index (χ3v) is 4.68. The fourth-order valence-electron chi connectivity index (χ4n) is 3.24. The van der Waals surface area contributed by atoms with Gasteiger partial charge in [-0.3, -0.25) is 10.1 Å². The van der Waals surface area contributed by atoms with Gasteiger partial charge in [-0.2, -0.15) is 0 Å². The van der Waals surface area contributed by atoms with Crippen LogP contribution in [0, 0.1) is 10.1 Å². The minimum absolute atomic E-state index is 0.0156. The monoisotopic (exact) mass is 356 g/mol. The van der Waals surface area contributed by atoms with Crippen molar-refractivity contribution in [3.05, 3.63) is 57.6 Å². The maximum atomic E-state index is 11.5. The van der Waals surface area contributed by atoms with Crippen LogP contribution >= 0.6 is 0 Å². The Kier molecular flexibility index (Phi) is 5.73. The minimum Gasteiger partial charge on any atom is -0.493 e. The summed E-state index contributed by atoms with van der Waals surface area (Å²) < 4.78 is 11.3. The molecule has 0 amide bonds. The van der Waals surface area contributed by atoms with Crippen LogP contribution in [0.2, 0.25) is 0 Å². The van der Waals surface area contributed by atoms with Crippen molar-refractivity contribution in [3.63, 3.8) is 0 Å². The van der Waals surface area contributed by atoms with Gasteiger partial charge in [-0.15, -0.1) is 0 Å². The van der Waals surface area contributed by atoms with E-state index in [1.54, 1.807) is 19.2 Å². The summed E-state index contributed by atoms with van der Waals surface area (Å²) in [6.45, 7) is 1.99. The molecule has 0 atom stereocenters. The van der Waals surface area contributed by atoms with Gasteiger partial charge in [0.05, 0.1) is 12.0 Å². The van der Waals surface area contributed by atoms with Crippen molar-refractivity contribution in [1.29, 1.82) is 0 Å². The van der Waals surface area contributed by atoms with Crippen molar-refractivity contribution in [1.82, 2.24) is 4.90 Å². The molecule has 2 aromatic rings. The average molecular weight is 356 g/mol. The highest BCUT2D eigenvalue weighted by atomic mass is 16.6. The number of benzene rings is 2. The van der Waals surface area contributed by atoms with Gasteiger partial charge in [0.15, 0.2) is 11.5 Å². The summed E-state index contributed by atoms with van der Waals surface area (Å²) in [5, 5.41) is 11.5. The molecule has 6 heteroatoms. The van der Waals surface area contributed by atoms with Crippen LogP contribution in [0.25, 0.3) is 0 Å². The Morgan fingerprint density at radius 1 is 1.04 bits per heavy atom. The Hall–Kier alpha value is -2.60. The van der Waals surface area contributed by atoms with E-state index in [-0.39, 0.29) is 16.4 Å². The summed E-state index contributed by atoms with van der Waals surface area (Å²) >= 11 is 0. The van der Waals surface area contributed by atoms with Gasteiger partial charge in [0.25, 0.3) is 0 Å². The van der Waals surface area contributed by atoms with Gasteiger partial charge in [0.1, 0.15) is 0 Å². The Morgan fingerprint density at radius 3 is 2.35 bits per heavy atom. The number of nitro groups is 1. The lowest BCUT2D eigenvalue weighted by atomic mass is 10.1. The lowest BCUT2D eigenvalue weighted by Crippen LogP contribution is -2.21. The van der Waals surface area contributed by atoms with Crippen molar-refractivity contribution in [2.75, 3.05) is 27.2 Å². The molecule has 0 N–H and O–H groups in total. The van der Waals surface area contributed by atoms with Crippen molar-refractivity contribution in [2.45, 2.75) is 25.7 Å². The van der Waals surface area contributed by atoms with E-state index in [1.165, 1.54) is 0 Å². The predicted octanol–water partition coefficient (Wildman–Crippen LogP) is 4.21. The standard InChI is InChI=1S/C20H24N2O4/c1-21-11-3-5-15-7-9-18(17(13-15)22(23)24)26-20-14-16(6-4-12-21)8-10-19(20)25-2/h7-10,13-14H,3-6,11-12H2,1-2H3. The smallest absolute Gasteiger partial charge is 0.311 e. The summed E-state index contributed by atoms with van der Waals surface area (Å²) in [7, 11) is 3.68. The summed E-state index contributed by atoms with van der Waals surface area (Å²) in [4.78, 5) is 13.4. The Balaban J connectivity index is 2.02. The van der Waals surface area contributed by atoms with E-state index in [0.29, 0.717) is 11.5 Å². The highest BCUT2D eigenvalue weighted by Gasteiger charge is 2.19. The van der Waals surface area contributed by atoms with E-state index in [0.717, 1.165) is 49.9 Å². The predicted molar refractivity (Wildman–Crippen MR) is 100 cm³/mol. The fourth-order valence-corrected chi connectivity index (χ4v) is 3.24. The first kappa shape index (κ1) is 18.2.